The Morgan fingerprint density at radius 1 is 1.30 bits per heavy atom. The number of piperidine rings is 1. The van der Waals surface area contributed by atoms with Crippen LogP contribution in [-0.2, 0) is 10.2 Å². The van der Waals surface area contributed by atoms with Crippen molar-refractivity contribution in [2.45, 2.75) is 57.3 Å². The van der Waals surface area contributed by atoms with Crippen molar-refractivity contribution in [3.05, 3.63) is 35.4 Å². The third-order valence-corrected chi connectivity index (χ3v) is 5.70. The lowest BCUT2D eigenvalue weighted by atomic mass is 9.77. The van der Waals surface area contributed by atoms with Gasteiger partial charge in [-0.15, -0.1) is 0 Å². The van der Waals surface area contributed by atoms with Gasteiger partial charge >= 0.3 is 0 Å². The molecule has 1 amide bonds. The maximum Gasteiger partial charge on any atom is 0.230 e. The standard InChI is InChI=1S/C20H30N2O/c1-16-6-4-8-18(14-16)20(10-2-3-11-20)19(23)22-13-9-17-7-5-12-21-15-17/h4,6,8,14,17,21H,2-3,5,7,9-13,15H2,1H3,(H,22,23). The molecule has 23 heavy (non-hydrogen) atoms. The van der Waals surface area contributed by atoms with Crippen molar-refractivity contribution in [1.29, 1.82) is 0 Å². The third-order valence-electron chi connectivity index (χ3n) is 5.70. The normalized spacial score (nSPS) is 23.6. The molecular formula is C20H30N2O. The predicted molar refractivity (Wildman–Crippen MR) is 94.5 cm³/mol. The van der Waals surface area contributed by atoms with Crippen LogP contribution < -0.4 is 10.6 Å². The first kappa shape index (κ1) is 16.5. The van der Waals surface area contributed by atoms with Crippen molar-refractivity contribution in [2.75, 3.05) is 19.6 Å². The first-order valence-electron chi connectivity index (χ1n) is 9.27. The number of carbonyl (C=O) groups excluding carboxylic acids is 1. The molecule has 1 unspecified atom stereocenters. The zero-order chi connectivity index (χ0) is 16.1. The smallest absolute Gasteiger partial charge is 0.230 e. The molecule has 1 atom stereocenters. The highest BCUT2D eigenvalue weighted by Crippen LogP contribution is 2.41. The largest absolute Gasteiger partial charge is 0.355 e. The van der Waals surface area contributed by atoms with E-state index in [4.69, 9.17) is 0 Å². The summed E-state index contributed by atoms with van der Waals surface area (Å²) < 4.78 is 0. The Morgan fingerprint density at radius 3 is 2.83 bits per heavy atom. The molecule has 0 radical (unpaired) electrons. The van der Waals surface area contributed by atoms with E-state index in [0.29, 0.717) is 0 Å². The summed E-state index contributed by atoms with van der Waals surface area (Å²) >= 11 is 0. The average molecular weight is 314 g/mol. The molecule has 126 valence electrons. The van der Waals surface area contributed by atoms with Gasteiger partial charge in [0.25, 0.3) is 0 Å². The van der Waals surface area contributed by atoms with Gasteiger partial charge in [0.2, 0.25) is 5.91 Å². The van der Waals surface area contributed by atoms with Gasteiger partial charge < -0.3 is 10.6 Å². The molecule has 0 bridgehead atoms. The summed E-state index contributed by atoms with van der Waals surface area (Å²) in [5, 5.41) is 6.72. The molecule has 1 heterocycles. The fourth-order valence-electron chi connectivity index (χ4n) is 4.30. The van der Waals surface area contributed by atoms with Crippen LogP contribution in [0.15, 0.2) is 24.3 Å². The number of aryl methyl sites for hydroxylation is 1. The number of rotatable bonds is 5. The lowest BCUT2D eigenvalue weighted by Gasteiger charge is -2.29. The van der Waals surface area contributed by atoms with E-state index in [1.165, 1.54) is 24.0 Å². The number of benzene rings is 1. The van der Waals surface area contributed by atoms with E-state index in [0.717, 1.165) is 57.7 Å². The lowest BCUT2D eigenvalue weighted by molar-refractivity contribution is -0.126. The lowest BCUT2D eigenvalue weighted by Crippen LogP contribution is -2.43. The summed E-state index contributed by atoms with van der Waals surface area (Å²) in [4.78, 5) is 13.0. The number of hydrogen-bond donors (Lipinski definition) is 2. The van der Waals surface area contributed by atoms with Crippen LogP contribution in [0.2, 0.25) is 0 Å². The van der Waals surface area contributed by atoms with Crippen molar-refractivity contribution >= 4 is 5.91 Å². The molecule has 1 aliphatic carbocycles. The topological polar surface area (TPSA) is 41.1 Å². The van der Waals surface area contributed by atoms with Gasteiger partial charge in [-0.25, -0.2) is 0 Å². The number of hydrogen-bond acceptors (Lipinski definition) is 2. The van der Waals surface area contributed by atoms with Gasteiger partial charge in [0.1, 0.15) is 0 Å². The Kier molecular flexibility index (Phi) is 5.37. The van der Waals surface area contributed by atoms with Crippen molar-refractivity contribution < 1.29 is 4.79 Å². The van der Waals surface area contributed by atoms with Gasteiger partial charge in [-0.2, -0.15) is 0 Å². The molecule has 2 fully saturated rings. The van der Waals surface area contributed by atoms with Gasteiger partial charge in [0, 0.05) is 6.54 Å². The second-order valence-electron chi connectivity index (χ2n) is 7.42. The highest BCUT2D eigenvalue weighted by atomic mass is 16.2. The number of amides is 1. The molecule has 1 aromatic rings. The second-order valence-corrected chi connectivity index (χ2v) is 7.42. The maximum atomic E-state index is 13.0. The van der Waals surface area contributed by atoms with Crippen LogP contribution in [0.4, 0.5) is 0 Å². The molecule has 0 spiro atoms. The van der Waals surface area contributed by atoms with Gasteiger partial charge in [0.15, 0.2) is 0 Å². The van der Waals surface area contributed by atoms with Gasteiger partial charge in [0.05, 0.1) is 5.41 Å². The fourth-order valence-corrected chi connectivity index (χ4v) is 4.30. The van der Waals surface area contributed by atoms with Crippen molar-refractivity contribution in [1.82, 2.24) is 10.6 Å². The maximum absolute atomic E-state index is 13.0. The molecule has 1 aromatic carbocycles. The van der Waals surface area contributed by atoms with E-state index in [2.05, 4.69) is 41.8 Å². The van der Waals surface area contributed by atoms with Crippen LogP contribution in [0.1, 0.15) is 56.1 Å². The molecule has 1 saturated heterocycles. The Morgan fingerprint density at radius 2 is 2.13 bits per heavy atom. The minimum atomic E-state index is -0.281. The minimum absolute atomic E-state index is 0.254. The van der Waals surface area contributed by atoms with Crippen LogP contribution in [0, 0.1) is 12.8 Å². The molecule has 2 N–H and O–H groups in total. The molecule has 0 aromatic heterocycles. The van der Waals surface area contributed by atoms with E-state index in [9.17, 15) is 4.79 Å². The van der Waals surface area contributed by atoms with Crippen LogP contribution >= 0.6 is 0 Å². The average Bonchev–Trinajstić information content (AvgIpc) is 3.07. The molecule has 3 rings (SSSR count). The van der Waals surface area contributed by atoms with Crippen LogP contribution in [0.25, 0.3) is 0 Å². The van der Waals surface area contributed by atoms with Crippen LogP contribution in [-0.4, -0.2) is 25.5 Å². The molecule has 3 nitrogen and oxygen atoms in total. The zero-order valence-electron chi connectivity index (χ0n) is 14.4. The molecular weight excluding hydrogens is 284 g/mol. The van der Waals surface area contributed by atoms with Gasteiger partial charge in [-0.3, -0.25) is 4.79 Å². The highest BCUT2D eigenvalue weighted by molar-refractivity contribution is 5.88. The van der Waals surface area contributed by atoms with Crippen LogP contribution in [0.3, 0.4) is 0 Å². The summed E-state index contributed by atoms with van der Waals surface area (Å²) in [6, 6.07) is 8.55. The first-order chi connectivity index (χ1) is 11.2. The summed E-state index contributed by atoms with van der Waals surface area (Å²) in [7, 11) is 0. The Labute approximate surface area is 140 Å². The summed E-state index contributed by atoms with van der Waals surface area (Å²) in [5.74, 6) is 0.979. The Bertz CT molecular complexity index is 528. The molecule has 1 aliphatic heterocycles. The summed E-state index contributed by atoms with van der Waals surface area (Å²) in [5.41, 5.74) is 2.18. The van der Waals surface area contributed by atoms with Crippen molar-refractivity contribution in [2.24, 2.45) is 5.92 Å². The quantitative estimate of drug-likeness (QED) is 0.875. The van der Waals surface area contributed by atoms with E-state index in [-0.39, 0.29) is 11.3 Å². The number of carbonyl (C=O) groups is 1. The third kappa shape index (κ3) is 3.77. The Balaban J connectivity index is 1.62. The van der Waals surface area contributed by atoms with Gasteiger partial charge in [-0.1, -0.05) is 42.7 Å². The van der Waals surface area contributed by atoms with Crippen molar-refractivity contribution in [3.63, 3.8) is 0 Å². The van der Waals surface area contributed by atoms with E-state index in [1.54, 1.807) is 0 Å². The Hall–Kier alpha value is -1.35. The highest BCUT2D eigenvalue weighted by Gasteiger charge is 2.42. The number of nitrogens with one attached hydrogen (secondary N) is 2. The van der Waals surface area contributed by atoms with Gasteiger partial charge in [-0.05, 0) is 63.6 Å². The fraction of sp³-hybridized carbons (Fsp3) is 0.650. The first-order valence-corrected chi connectivity index (χ1v) is 9.27. The van der Waals surface area contributed by atoms with E-state index in [1.807, 2.05) is 0 Å². The SMILES string of the molecule is Cc1cccc(C2(C(=O)NCCC3CCCNC3)CCCC2)c1. The minimum Gasteiger partial charge on any atom is -0.355 e. The predicted octanol–water partition coefficient (Wildman–Crippen LogP) is 3.31. The molecule has 1 saturated carbocycles. The summed E-state index contributed by atoms with van der Waals surface area (Å²) in [6.07, 6.45) is 7.97. The van der Waals surface area contributed by atoms with Crippen LogP contribution in [0.5, 0.6) is 0 Å². The van der Waals surface area contributed by atoms with E-state index < -0.39 is 0 Å². The zero-order valence-corrected chi connectivity index (χ0v) is 14.4. The van der Waals surface area contributed by atoms with E-state index >= 15 is 0 Å². The molecule has 2 aliphatic rings. The van der Waals surface area contributed by atoms with Crippen molar-refractivity contribution in [3.8, 4) is 0 Å². The monoisotopic (exact) mass is 314 g/mol. The second kappa shape index (κ2) is 7.48. The summed E-state index contributed by atoms with van der Waals surface area (Å²) in [6.45, 7) is 5.19. The molecule has 3 heteroatoms.